The average Bonchev–Trinajstić information content (AvgIpc) is 2.80. The van der Waals surface area contributed by atoms with Crippen LogP contribution in [0.4, 0.5) is 0 Å². The van der Waals surface area contributed by atoms with E-state index < -0.39 is 6.10 Å². The van der Waals surface area contributed by atoms with Crippen LogP contribution < -0.4 is 10.1 Å². The van der Waals surface area contributed by atoms with E-state index in [9.17, 15) is 9.90 Å². The molecule has 118 valence electrons. The molecule has 0 aliphatic carbocycles. The summed E-state index contributed by atoms with van der Waals surface area (Å²) in [4.78, 5) is 12.2. The molecule has 0 bridgehead atoms. The highest BCUT2D eigenvalue weighted by atomic mass is 16.5. The smallest absolute Gasteiger partial charge is 0.253 e. The van der Waals surface area contributed by atoms with Crippen molar-refractivity contribution >= 4 is 5.91 Å². The molecule has 5 heteroatoms. The predicted octanol–water partition coefficient (Wildman–Crippen LogP) is 2.21. The van der Waals surface area contributed by atoms with Crippen molar-refractivity contribution in [3.63, 3.8) is 0 Å². The normalized spacial score (nSPS) is 12.0. The molecule has 0 saturated heterocycles. The zero-order valence-electron chi connectivity index (χ0n) is 13.4. The molecule has 0 aliphatic rings. The molecule has 0 fully saturated rings. The Bertz CT molecular complexity index is 657. The minimum Gasteiger partial charge on any atom is -0.497 e. The van der Waals surface area contributed by atoms with Crippen molar-refractivity contribution in [3.05, 3.63) is 47.3 Å². The van der Waals surface area contributed by atoms with Gasteiger partial charge in [-0.1, -0.05) is 0 Å². The zero-order chi connectivity index (χ0) is 16.3. The van der Waals surface area contributed by atoms with Gasteiger partial charge >= 0.3 is 0 Å². The molecule has 1 unspecified atom stereocenters. The number of amides is 1. The van der Waals surface area contributed by atoms with Crippen molar-refractivity contribution in [1.82, 2.24) is 9.88 Å². The number of aromatic nitrogens is 1. The molecule has 0 spiro atoms. The summed E-state index contributed by atoms with van der Waals surface area (Å²) in [7, 11) is 1.63. The molecule has 0 radical (unpaired) electrons. The van der Waals surface area contributed by atoms with Gasteiger partial charge < -0.3 is 19.7 Å². The number of methoxy groups -OCH3 is 1. The number of rotatable bonds is 5. The molecular weight excluding hydrogens is 280 g/mol. The minimum atomic E-state index is -0.561. The van der Waals surface area contributed by atoms with Gasteiger partial charge in [-0.3, -0.25) is 4.79 Å². The lowest BCUT2D eigenvalue weighted by molar-refractivity contribution is 0.0923. The van der Waals surface area contributed by atoms with Crippen LogP contribution >= 0.6 is 0 Å². The molecule has 2 aromatic rings. The summed E-state index contributed by atoms with van der Waals surface area (Å²) in [6.07, 6.45) is -0.561. The maximum Gasteiger partial charge on any atom is 0.253 e. The van der Waals surface area contributed by atoms with Crippen molar-refractivity contribution in [2.45, 2.75) is 26.9 Å². The van der Waals surface area contributed by atoms with Gasteiger partial charge in [0.25, 0.3) is 5.91 Å². The Morgan fingerprint density at radius 3 is 2.50 bits per heavy atom. The Hall–Kier alpha value is -2.27. The molecule has 5 nitrogen and oxygen atoms in total. The Kier molecular flexibility index (Phi) is 4.88. The van der Waals surface area contributed by atoms with Gasteiger partial charge in [0, 0.05) is 23.6 Å². The molecule has 0 aliphatic heterocycles. The number of aryl methyl sites for hydroxylation is 1. The minimum absolute atomic E-state index is 0.172. The van der Waals surface area contributed by atoms with Crippen LogP contribution in [-0.4, -0.2) is 35.3 Å². The van der Waals surface area contributed by atoms with E-state index in [1.807, 2.05) is 48.7 Å². The van der Waals surface area contributed by atoms with E-state index in [0.717, 1.165) is 22.8 Å². The third-order valence-electron chi connectivity index (χ3n) is 3.56. The Morgan fingerprint density at radius 1 is 1.32 bits per heavy atom. The average molecular weight is 302 g/mol. The van der Waals surface area contributed by atoms with E-state index in [-0.39, 0.29) is 12.5 Å². The first-order chi connectivity index (χ1) is 10.4. The topological polar surface area (TPSA) is 63.5 Å². The highest BCUT2D eigenvalue weighted by Gasteiger charge is 2.16. The van der Waals surface area contributed by atoms with Gasteiger partial charge in [-0.2, -0.15) is 0 Å². The molecule has 1 aromatic carbocycles. The summed E-state index contributed by atoms with van der Waals surface area (Å²) in [5, 5.41) is 12.0. The van der Waals surface area contributed by atoms with Crippen LogP contribution in [-0.2, 0) is 0 Å². The summed E-state index contributed by atoms with van der Waals surface area (Å²) in [5.74, 6) is 0.620. The van der Waals surface area contributed by atoms with Gasteiger partial charge in [-0.05, 0) is 51.1 Å². The monoisotopic (exact) mass is 302 g/mol. The number of benzene rings is 1. The molecule has 1 atom stereocenters. The van der Waals surface area contributed by atoms with Gasteiger partial charge in [0.2, 0.25) is 0 Å². The molecule has 1 aromatic heterocycles. The zero-order valence-corrected chi connectivity index (χ0v) is 13.4. The second kappa shape index (κ2) is 6.66. The predicted molar refractivity (Wildman–Crippen MR) is 85.8 cm³/mol. The van der Waals surface area contributed by atoms with Crippen molar-refractivity contribution in [1.29, 1.82) is 0 Å². The van der Waals surface area contributed by atoms with Crippen molar-refractivity contribution < 1.29 is 14.6 Å². The third-order valence-corrected chi connectivity index (χ3v) is 3.56. The van der Waals surface area contributed by atoms with E-state index in [1.165, 1.54) is 0 Å². The standard InChI is InChI=1S/C17H22N2O3/c1-11-9-16(17(21)18-10-12(2)20)13(3)19(11)14-5-7-15(22-4)8-6-14/h5-9,12,20H,10H2,1-4H3,(H,18,21). The number of hydrogen-bond acceptors (Lipinski definition) is 3. The van der Waals surface area contributed by atoms with Gasteiger partial charge in [-0.25, -0.2) is 0 Å². The van der Waals surface area contributed by atoms with Crippen LogP contribution in [0.5, 0.6) is 5.75 Å². The number of nitrogens with zero attached hydrogens (tertiary/aromatic N) is 1. The number of nitrogens with one attached hydrogen (secondary N) is 1. The summed E-state index contributed by atoms with van der Waals surface area (Å²) in [6, 6.07) is 9.55. The Balaban J connectivity index is 2.31. The van der Waals surface area contributed by atoms with Crippen molar-refractivity contribution in [3.8, 4) is 11.4 Å². The SMILES string of the molecule is COc1ccc(-n2c(C)cc(C(=O)NCC(C)O)c2C)cc1. The Labute approximate surface area is 130 Å². The van der Waals surface area contributed by atoms with Crippen LogP contribution in [0, 0.1) is 13.8 Å². The lowest BCUT2D eigenvalue weighted by atomic mass is 10.2. The second-order valence-electron chi connectivity index (χ2n) is 5.38. The highest BCUT2D eigenvalue weighted by molar-refractivity contribution is 5.95. The number of aliphatic hydroxyl groups is 1. The molecule has 2 N–H and O–H groups in total. The number of carbonyl (C=O) groups is 1. The maximum atomic E-state index is 12.2. The van der Waals surface area contributed by atoms with E-state index >= 15 is 0 Å². The summed E-state index contributed by atoms with van der Waals surface area (Å²) < 4.78 is 7.19. The fraction of sp³-hybridized carbons (Fsp3) is 0.353. The maximum absolute atomic E-state index is 12.2. The largest absolute Gasteiger partial charge is 0.497 e. The molecule has 22 heavy (non-hydrogen) atoms. The number of aliphatic hydroxyl groups excluding tert-OH is 1. The van der Waals surface area contributed by atoms with Gasteiger partial charge in [0.15, 0.2) is 0 Å². The quantitative estimate of drug-likeness (QED) is 0.890. The molecular formula is C17H22N2O3. The molecule has 1 amide bonds. The highest BCUT2D eigenvalue weighted by Crippen LogP contribution is 2.22. The molecule has 2 rings (SSSR count). The number of ether oxygens (including phenoxy) is 1. The first-order valence-electron chi connectivity index (χ1n) is 7.23. The lowest BCUT2D eigenvalue weighted by Gasteiger charge is -2.11. The Morgan fingerprint density at radius 2 is 1.95 bits per heavy atom. The van der Waals surface area contributed by atoms with Crippen molar-refractivity contribution in [2.75, 3.05) is 13.7 Å². The second-order valence-corrected chi connectivity index (χ2v) is 5.38. The van der Waals surface area contributed by atoms with Crippen molar-refractivity contribution in [2.24, 2.45) is 0 Å². The third kappa shape index (κ3) is 3.31. The number of hydrogen-bond donors (Lipinski definition) is 2. The van der Waals surface area contributed by atoms with Gasteiger partial charge in [-0.15, -0.1) is 0 Å². The fourth-order valence-electron chi connectivity index (χ4n) is 2.46. The molecule has 1 heterocycles. The van der Waals surface area contributed by atoms with E-state index in [2.05, 4.69) is 5.32 Å². The summed E-state index contributed by atoms with van der Waals surface area (Å²) in [6.45, 7) is 5.75. The lowest BCUT2D eigenvalue weighted by Crippen LogP contribution is -2.30. The van der Waals surface area contributed by atoms with Crippen LogP contribution in [0.25, 0.3) is 5.69 Å². The van der Waals surface area contributed by atoms with E-state index in [4.69, 9.17) is 4.74 Å². The first kappa shape index (κ1) is 16.1. The number of carbonyl (C=O) groups excluding carboxylic acids is 1. The summed E-state index contributed by atoms with van der Waals surface area (Å²) in [5.41, 5.74) is 3.44. The van der Waals surface area contributed by atoms with Crippen LogP contribution in [0.1, 0.15) is 28.7 Å². The molecule has 0 saturated carbocycles. The fourth-order valence-corrected chi connectivity index (χ4v) is 2.46. The van der Waals surface area contributed by atoms with Crippen LogP contribution in [0.3, 0.4) is 0 Å². The summed E-state index contributed by atoms with van der Waals surface area (Å²) >= 11 is 0. The first-order valence-corrected chi connectivity index (χ1v) is 7.23. The van der Waals surface area contributed by atoms with E-state index in [0.29, 0.717) is 5.56 Å². The van der Waals surface area contributed by atoms with Gasteiger partial charge in [0.1, 0.15) is 5.75 Å². The van der Waals surface area contributed by atoms with Crippen LogP contribution in [0.2, 0.25) is 0 Å². The van der Waals surface area contributed by atoms with E-state index in [1.54, 1.807) is 14.0 Å². The van der Waals surface area contributed by atoms with Gasteiger partial charge in [0.05, 0.1) is 18.8 Å². The van der Waals surface area contributed by atoms with Crippen LogP contribution in [0.15, 0.2) is 30.3 Å².